The first kappa shape index (κ1) is 16.9. The highest BCUT2D eigenvalue weighted by molar-refractivity contribution is 14.1. The summed E-state index contributed by atoms with van der Waals surface area (Å²) in [5.41, 5.74) is 8.67. The van der Waals surface area contributed by atoms with Crippen molar-refractivity contribution >= 4 is 51.3 Å². The van der Waals surface area contributed by atoms with Crippen molar-refractivity contribution in [3.05, 3.63) is 27.6 Å². The molecular weight excluding hydrogens is 451 g/mol. The van der Waals surface area contributed by atoms with Crippen LogP contribution < -0.4 is 15.8 Å². The van der Waals surface area contributed by atoms with Gasteiger partial charge in [-0.05, 0) is 47.3 Å². The molecule has 3 aromatic rings. The predicted molar refractivity (Wildman–Crippen MR) is 106 cm³/mol. The first-order chi connectivity index (χ1) is 12.2. The van der Waals surface area contributed by atoms with Crippen molar-refractivity contribution in [3.63, 3.8) is 0 Å². The zero-order chi connectivity index (χ0) is 17.4. The van der Waals surface area contributed by atoms with Gasteiger partial charge in [0.25, 0.3) is 0 Å². The summed E-state index contributed by atoms with van der Waals surface area (Å²) in [5.74, 6) is 1.38. The Kier molecular flexibility index (Phi) is 4.69. The molecule has 9 heteroatoms. The number of nitrogens with two attached hydrogens (primary N) is 1. The fraction of sp³-hybridized carbons (Fsp3) is 0.312. The number of hydrogen-bond acceptors (Lipinski definition) is 7. The van der Waals surface area contributed by atoms with E-state index in [1.54, 1.807) is 11.8 Å². The molecule has 0 spiro atoms. The number of nitrogen functional groups attached to an aromatic ring is 1. The number of fused-ring (bicyclic) bond motifs is 2. The molecule has 0 fully saturated rings. The highest BCUT2D eigenvalue weighted by Crippen LogP contribution is 2.38. The lowest BCUT2D eigenvalue weighted by Crippen LogP contribution is -2.15. The standard InChI is InChI=1S/C16H17IN6OS/c1-19-3-4-23-15-13(14(18)20-8-21-15)22-16(23)25-12-7-11-9(2-5-24-11)6-10(12)17/h6-8,19H,2-5H2,1H3,(H2,18,20,21). The van der Waals surface area contributed by atoms with E-state index in [2.05, 4.69) is 54.6 Å². The minimum atomic E-state index is 0.405. The minimum absolute atomic E-state index is 0.405. The van der Waals surface area contributed by atoms with Crippen molar-refractivity contribution in [1.82, 2.24) is 24.8 Å². The van der Waals surface area contributed by atoms with Crippen LogP contribution in [-0.2, 0) is 13.0 Å². The summed E-state index contributed by atoms with van der Waals surface area (Å²) in [7, 11) is 1.93. The lowest BCUT2D eigenvalue weighted by atomic mass is 10.2. The van der Waals surface area contributed by atoms with Crippen molar-refractivity contribution in [2.75, 3.05) is 25.9 Å². The van der Waals surface area contributed by atoms with Crippen LogP contribution in [0, 0.1) is 3.57 Å². The van der Waals surface area contributed by atoms with Crippen LogP contribution in [0.15, 0.2) is 28.5 Å². The Balaban J connectivity index is 1.77. The number of aromatic nitrogens is 4. The van der Waals surface area contributed by atoms with Gasteiger partial charge in [-0.2, -0.15) is 0 Å². The van der Waals surface area contributed by atoms with Gasteiger partial charge >= 0.3 is 0 Å². The molecule has 0 atom stereocenters. The molecule has 1 aliphatic rings. The Morgan fingerprint density at radius 3 is 3.12 bits per heavy atom. The number of likely N-dealkylation sites (N-methyl/N-ethyl adjacent to an activating group) is 1. The van der Waals surface area contributed by atoms with Crippen LogP contribution in [0.5, 0.6) is 5.75 Å². The largest absolute Gasteiger partial charge is 0.493 e. The van der Waals surface area contributed by atoms with Crippen LogP contribution in [0.2, 0.25) is 0 Å². The fourth-order valence-corrected chi connectivity index (χ4v) is 4.60. The monoisotopic (exact) mass is 468 g/mol. The van der Waals surface area contributed by atoms with E-state index < -0.39 is 0 Å². The summed E-state index contributed by atoms with van der Waals surface area (Å²) < 4.78 is 8.98. The van der Waals surface area contributed by atoms with E-state index in [-0.39, 0.29) is 0 Å². The number of imidazole rings is 1. The Morgan fingerprint density at radius 1 is 1.40 bits per heavy atom. The highest BCUT2D eigenvalue weighted by Gasteiger charge is 2.19. The van der Waals surface area contributed by atoms with Gasteiger partial charge in [0.05, 0.1) is 6.61 Å². The molecule has 25 heavy (non-hydrogen) atoms. The molecule has 130 valence electrons. The highest BCUT2D eigenvalue weighted by atomic mass is 127. The SMILES string of the molecule is CNCCn1c(Sc2cc3c(cc2I)CCO3)nc2c(N)ncnc21. The van der Waals surface area contributed by atoms with Gasteiger partial charge in [-0.25, -0.2) is 15.0 Å². The fourth-order valence-electron chi connectivity index (χ4n) is 2.79. The van der Waals surface area contributed by atoms with Gasteiger partial charge in [-0.1, -0.05) is 11.8 Å². The molecule has 2 aromatic heterocycles. The predicted octanol–water partition coefficient (Wildman–Crippen LogP) is 2.32. The molecule has 3 N–H and O–H groups in total. The normalized spacial score (nSPS) is 13.2. The average molecular weight is 468 g/mol. The number of anilines is 1. The summed E-state index contributed by atoms with van der Waals surface area (Å²) >= 11 is 3.97. The second-order valence-electron chi connectivity index (χ2n) is 5.67. The number of nitrogens with one attached hydrogen (secondary N) is 1. The second kappa shape index (κ2) is 6.96. The van der Waals surface area contributed by atoms with Crippen LogP contribution in [0.4, 0.5) is 5.82 Å². The van der Waals surface area contributed by atoms with Crippen LogP contribution in [0.25, 0.3) is 11.2 Å². The quantitative estimate of drug-likeness (QED) is 0.556. The van der Waals surface area contributed by atoms with Crippen LogP contribution in [0.1, 0.15) is 5.56 Å². The molecular formula is C16H17IN6OS. The van der Waals surface area contributed by atoms with E-state index in [1.807, 2.05) is 7.05 Å². The average Bonchev–Trinajstić information content (AvgIpc) is 3.18. The van der Waals surface area contributed by atoms with Crippen LogP contribution in [0.3, 0.4) is 0 Å². The van der Waals surface area contributed by atoms with E-state index in [9.17, 15) is 0 Å². The smallest absolute Gasteiger partial charge is 0.175 e. The van der Waals surface area contributed by atoms with Crippen molar-refractivity contribution in [2.45, 2.75) is 23.0 Å². The maximum atomic E-state index is 5.99. The molecule has 1 aliphatic heterocycles. The third-order valence-corrected chi connectivity index (χ3v) is 6.37. The number of ether oxygens (including phenoxy) is 1. The Bertz CT molecular complexity index is 944. The van der Waals surface area contributed by atoms with E-state index in [4.69, 9.17) is 15.5 Å². The van der Waals surface area contributed by atoms with E-state index in [1.165, 1.54) is 15.5 Å². The summed E-state index contributed by atoms with van der Waals surface area (Å²) in [6, 6.07) is 4.30. The van der Waals surface area contributed by atoms with Gasteiger partial charge in [0.2, 0.25) is 0 Å². The Morgan fingerprint density at radius 2 is 2.28 bits per heavy atom. The Labute approximate surface area is 162 Å². The summed E-state index contributed by atoms with van der Waals surface area (Å²) in [5, 5.41) is 4.02. The lowest BCUT2D eigenvalue weighted by Gasteiger charge is -2.10. The van der Waals surface area contributed by atoms with Crippen molar-refractivity contribution in [3.8, 4) is 5.75 Å². The molecule has 0 saturated carbocycles. The van der Waals surface area contributed by atoms with Gasteiger partial charge in [-0.3, -0.25) is 0 Å². The second-order valence-corrected chi connectivity index (χ2v) is 7.84. The zero-order valence-corrected chi connectivity index (χ0v) is 16.6. The van der Waals surface area contributed by atoms with Crippen molar-refractivity contribution in [1.29, 1.82) is 0 Å². The number of hydrogen-bond donors (Lipinski definition) is 2. The van der Waals surface area contributed by atoms with Gasteiger partial charge < -0.3 is 20.4 Å². The summed E-state index contributed by atoms with van der Waals surface area (Å²) in [6.45, 7) is 2.32. The van der Waals surface area contributed by atoms with Crippen molar-refractivity contribution in [2.24, 2.45) is 0 Å². The van der Waals surface area contributed by atoms with Gasteiger partial charge in [-0.15, -0.1) is 0 Å². The molecule has 0 unspecified atom stereocenters. The molecule has 0 radical (unpaired) electrons. The molecule has 3 heterocycles. The van der Waals surface area contributed by atoms with E-state index in [0.717, 1.165) is 47.6 Å². The third kappa shape index (κ3) is 3.15. The molecule has 0 amide bonds. The molecule has 7 nitrogen and oxygen atoms in total. The van der Waals surface area contributed by atoms with E-state index >= 15 is 0 Å². The first-order valence-corrected chi connectivity index (χ1v) is 9.81. The maximum Gasteiger partial charge on any atom is 0.175 e. The molecule has 0 aliphatic carbocycles. The van der Waals surface area contributed by atoms with Gasteiger partial charge in [0.15, 0.2) is 22.1 Å². The molecule has 0 saturated heterocycles. The van der Waals surface area contributed by atoms with Crippen LogP contribution >= 0.6 is 34.4 Å². The molecule has 0 bridgehead atoms. The summed E-state index contributed by atoms with van der Waals surface area (Å²) in [6.07, 6.45) is 2.46. The number of rotatable bonds is 5. The van der Waals surface area contributed by atoms with Gasteiger partial charge in [0, 0.05) is 28.0 Å². The van der Waals surface area contributed by atoms with Crippen molar-refractivity contribution < 1.29 is 4.74 Å². The maximum absolute atomic E-state index is 5.99. The number of nitrogens with zero attached hydrogens (tertiary/aromatic N) is 4. The van der Waals surface area contributed by atoms with Gasteiger partial charge in [0.1, 0.15) is 12.1 Å². The minimum Gasteiger partial charge on any atom is -0.493 e. The number of benzene rings is 1. The zero-order valence-electron chi connectivity index (χ0n) is 13.6. The lowest BCUT2D eigenvalue weighted by molar-refractivity contribution is 0.356. The molecule has 4 rings (SSSR count). The van der Waals surface area contributed by atoms with Crippen LogP contribution in [-0.4, -0.2) is 39.7 Å². The Hall–Kier alpha value is -1.59. The summed E-state index contributed by atoms with van der Waals surface area (Å²) in [4.78, 5) is 14.3. The first-order valence-electron chi connectivity index (χ1n) is 7.91. The number of halogens is 1. The third-order valence-electron chi connectivity index (χ3n) is 4.06. The topological polar surface area (TPSA) is 90.9 Å². The van der Waals surface area contributed by atoms with E-state index in [0.29, 0.717) is 11.3 Å². The molecule has 1 aromatic carbocycles.